The van der Waals surface area contributed by atoms with E-state index in [4.69, 9.17) is 10.5 Å². The first-order valence-electron chi connectivity index (χ1n) is 7.33. The van der Waals surface area contributed by atoms with Crippen LogP contribution in [0.2, 0.25) is 0 Å². The molecule has 0 aromatic heterocycles. The van der Waals surface area contributed by atoms with E-state index in [2.05, 4.69) is 0 Å². The molecule has 2 aromatic carbocycles. The van der Waals surface area contributed by atoms with E-state index < -0.39 is 0 Å². The summed E-state index contributed by atoms with van der Waals surface area (Å²) in [5, 5.41) is 0. The number of nitrogens with two attached hydrogens (primary N) is 1. The highest BCUT2D eigenvalue weighted by atomic mass is 16.5. The number of aryl methyl sites for hydroxylation is 1. The monoisotopic (exact) mass is 281 g/mol. The number of carbonyl (C=O) groups excluding carboxylic acids is 1. The van der Waals surface area contributed by atoms with Gasteiger partial charge < -0.3 is 10.5 Å². The van der Waals surface area contributed by atoms with Gasteiger partial charge in [-0.15, -0.1) is 0 Å². The van der Waals surface area contributed by atoms with Crippen LogP contribution in [0, 0.1) is 0 Å². The van der Waals surface area contributed by atoms with Crippen molar-refractivity contribution < 1.29 is 9.53 Å². The molecule has 3 rings (SSSR count). The van der Waals surface area contributed by atoms with Gasteiger partial charge in [-0.25, -0.2) is 0 Å². The summed E-state index contributed by atoms with van der Waals surface area (Å²) in [6.45, 7) is 0.554. The number of hydrogen-bond donors (Lipinski definition) is 1. The topological polar surface area (TPSA) is 52.3 Å². The molecule has 1 amide bonds. The van der Waals surface area contributed by atoms with E-state index in [1.807, 2.05) is 48.5 Å². The molecule has 1 atom stereocenters. The van der Waals surface area contributed by atoms with Gasteiger partial charge in [0.25, 0.3) is 0 Å². The first kappa shape index (κ1) is 13.7. The molecule has 0 fully saturated rings. The largest absolute Gasteiger partial charge is 0.489 e. The van der Waals surface area contributed by atoms with Crippen LogP contribution in [0.3, 0.4) is 0 Å². The van der Waals surface area contributed by atoms with E-state index in [-0.39, 0.29) is 11.8 Å². The summed E-state index contributed by atoms with van der Waals surface area (Å²) in [6.07, 6.45) is 2.84. The second kappa shape index (κ2) is 6.00. The Kier molecular flexibility index (Phi) is 3.91. The zero-order valence-electron chi connectivity index (χ0n) is 11.9. The lowest BCUT2D eigenvalue weighted by Gasteiger charge is -2.23. The summed E-state index contributed by atoms with van der Waals surface area (Å²) < 4.78 is 5.84. The molecule has 1 aliphatic carbocycles. The standard InChI is InChI=1S/C18H19NO2/c19-18(20)17-8-4-7-14-11-15(9-10-16(14)17)21-12-13-5-2-1-3-6-13/h1-3,5-6,9-11,17H,4,7-8,12H2,(H2,19,20). The molecule has 1 aliphatic rings. The second-order valence-electron chi connectivity index (χ2n) is 5.48. The first-order chi connectivity index (χ1) is 10.2. The third kappa shape index (κ3) is 3.07. The van der Waals surface area contributed by atoms with Gasteiger partial charge in [0.1, 0.15) is 12.4 Å². The number of fused-ring (bicyclic) bond motifs is 1. The van der Waals surface area contributed by atoms with E-state index in [1.54, 1.807) is 0 Å². The molecule has 2 N–H and O–H groups in total. The van der Waals surface area contributed by atoms with Crippen LogP contribution in [0.1, 0.15) is 35.4 Å². The summed E-state index contributed by atoms with van der Waals surface area (Å²) in [7, 11) is 0. The maximum atomic E-state index is 11.5. The van der Waals surface area contributed by atoms with Gasteiger partial charge in [-0.05, 0) is 48.1 Å². The smallest absolute Gasteiger partial charge is 0.224 e. The SMILES string of the molecule is NC(=O)C1CCCc2cc(OCc3ccccc3)ccc21. The Morgan fingerprint density at radius 3 is 2.76 bits per heavy atom. The molecule has 3 nitrogen and oxygen atoms in total. The number of benzene rings is 2. The fraction of sp³-hybridized carbons (Fsp3) is 0.278. The molecule has 0 saturated heterocycles. The highest BCUT2D eigenvalue weighted by Crippen LogP contribution is 2.33. The minimum absolute atomic E-state index is 0.142. The van der Waals surface area contributed by atoms with E-state index in [1.165, 1.54) is 5.56 Å². The van der Waals surface area contributed by atoms with Crippen molar-refractivity contribution in [3.63, 3.8) is 0 Å². The van der Waals surface area contributed by atoms with Crippen LogP contribution in [0.5, 0.6) is 5.75 Å². The quantitative estimate of drug-likeness (QED) is 0.935. The highest BCUT2D eigenvalue weighted by Gasteiger charge is 2.24. The molecular formula is C18H19NO2. The average molecular weight is 281 g/mol. The summed E-state index contributed by atoms with van der Waals surface area (Å²) in [4.78, 5) is 11.5. The van der Waals surface area contributed by atoms with Crippen LogP contribution in [0.15, 0.2) is 48.5 Å². The Morgan fingerprint density at radius 1 is 1.19 bits per heavy atom. The van der Waals surface area contributed by atoms with Crippen molar-refractivity contribution in [1.82, 2.24) is 0 Å². The van der Waals surface area contributed by atoms with E-state index >= 15 is 0 Å². The molecule has 0 radical (unpaired) electrons. The van der Waals surface area contributed by atoms with Crippen molar-refractivity contribution in [2.75, 3.05) is 0 Å². The molecule has 3 heteroatoms. The van der Waals surface area contributed by atoms with Crippen molar-refractivity contribution >= 4 is 5.91 Å². The molecule has 21 heavy (non-hydrogen) atoms. The molecule has 108 valence electrons. The minimum atomic E-state index is -0.228. The zero-order valence-corrected chi connectivity index (χ0v) is 11.9. The Hall–Kier alpha value is -2.29. The Morgan fingerprint density at radius 2 is 2.00 bits per heavy atom. The van der Waals surface area contributed by atoms with E-state index in [0.29, 0.717) is 6.61 Å². The molecule has 1 unspecified atom stereocenters. The fourth-order valence-corrected chi connectivity index (χ4v) is 2.92. The molecule has 0 spiro atoms. The van der Waals surface area contributed by atoms with Gasteiger partial charge in [0, 0.05) is 0 Å². The van der Waals surface area contributed by atoms with E-state index in [0.717, 1.165) is 36.1 Å². The first-order valence-corrected chi connectivity index (χ1v) is 7.33. The van der Waals surface area contributed by atoms with Crippen LogP contribution in [-0.2, 0) is 17.8 Å². The van der Waals surface area contributed by atoms with Gasteiger partial charge in [0.05, 0.1) is 5.92 Å². The number of hydrogen-bond acceptors (Lipinski definition) is 2. The maximum absolute atomic E-state index is 11.5. The molecule has 0 aliphatic heterocycles. The Balaban J connectivity index is 1.75. The van der Waals surface area contributed by atoms with Crippen LogP contribution in [0.25, 0.3) is 0 Å². The van der Waals surface area contributed by atoms with E-state index in [9.17, 15) is 4.79 Å². The normalized spacial score (nSPS) is 17.0. The van der Waals surface area contributed by atoms with Crippen LogP contribution in [0.4, 0.5) is 0 Å². The molecule has 0 bridgehead atoms. The minimum Gasteiger partial charge on any atom is -0.489 e. The summed E-state index contributed by atoms with van der Waals surface area (Å²) in [5.41, 5.74) is 8.89. The highest BCUT2D eigenvalue weighted by molar-refractivity contribution is 5.82. The number of rotatable bonds is 4. The fourth-order valence-electron chi connectivity index (χ4n) is 2.92. The van der Waals surface area contributed by atoms with Gasteiger partial charge in [-0.1, -0.05) is 36.4 Å². The van der Waals surface area contributed by atoms with Gasteiger partial charge in [0.2, 0.25) is 5.91 Å². The third-order valence-electron chi connectivity index (χ3n) is 4.02. The lowest BCUT2D eigenvalue weighted by molar-refractivity contribution is -0.119. The van der Waals surface area contributed by atoms with Crippen LogP contribution >= 0.6 is 0 Å². The maximum Gasteiger partial charge on any atom is 0.224 e. The lowest BCUT2D eigenvalue weighted by atomic mass is 9.82. The molecule has 0 saturated carbocycles. The summed E-state index contributed by atoms with van der Waals surface area (Å²) >= 11 is 0. The Bertz CT molecular complexity index is 637. The molecule has 0 heterocycles. The second-order valence-corrected chi connectivity index (χ2v) is 5.48. The van der Waals surface area contributed by atoms with Crippen LogP contribution < -0.4 is 10.5 Å². The summed E-state index contributed by atoms with van der Waals surface area (Å²) in [5.74, 6) is 0.480. The lowest BCUT2D eigenvalue weighted by Crippen LogP contribution is -2.25. The molecular weight excluding hydrogens is 262 g/mol. The Labute approximate surface area is 124 Å². The number of ether oxygens (including phenoxy) is 1. The number of carbonyl (C=O) groups is 1. The van der Waals surface area contributed by atoms with Crippen molar-refractivity contribution in [1.29, 1.82) is 0 Å². The molecule has 2 aromatic rings. The van der Waals surface area contributed by atoms with Gasteiger partial charge in [0.15, 0.2) is 0 Å². The third-order valence-corrected chi connectivity index (χ3v) is 4.02. The predicted molar refractivity (Wildman–Crippen MR) is 82.1 cm³/mol. The van der Waals surface area contributed by atoms with Gasteiger partial charge >= 0.3 is 0 Å². The van der Waals surface area contributed by atoms with Crippen molar-refractivity contribution in [3.8, 4) is 5.75 Å². The van der Waals surface area contributed by atoms with Crippen molar-refractivity contribution in [2.45, 2.75) is 31.8 Å². The number of primary amides is 1. The average Bonchev–Trinajstić information content (AvgIpc) is 2.53. The van der Waals surface area contributed by atoms with Crippen LogP contribution in [-0.4, -0.2) is 5.91 Å². The predicted octanol–water partition coefficient (Wildman–Crippen LogP) is 3.17. The number of amides is 1. The van der Waals surface area contributed by atoms with Gasteiger partial charge in [-0.2, -0.15) is 0 Å². The van der Waals surface area contributed by atoms with Crippen molar-refractivity contribution in [2.24, 2.45) is 5.73 Å². The van der Waals surface area contributed by atoms with Crippen molar-refractivity contribution in [3.05, 3.63) is 65.2 Å². The summed E-state index contributed by atoms with van der Waals surface area (Å²) in [6, 6.07) is 16.1. The zero-order chi connectivity index (χ0) is 14.7. The van der Waals surface area contributed by atoms with Gasteiger partial charge in [-0.3, -0.25) is 4.79 Å².